The van der Waals surface area contributed by atoms with E-state index in [4.69, 9.17) is 9.47 Å². The highest BCUT2D eigenvalue weighted by Gasteiger charge is 2.68. The van der Waals surface area contributed by atoms with Gasteiger partial charge in [0.15, 0.2) is 0 Å². The average molecular weight is 283 g/mol. The minimum atomic E-state index is -0.237. The van der Waals surface area contributed by atoms with Gasteiger partial charge in [-0.25, -0.2) is 4.79 Å². The first-order valence-electron chi connectivity index (χ1n) is 7.64. The van der Waals surface area contributed by atoms with E-state index in [0.717, 1.165) is 12.8 Å². The van der Waals surface area contributed by atoms with Gasteiger partial charge >= 0.3 is 6.09 Å². The van der Waals surface area contributed by atoms with Gasteiger partial charge in [0, 0.05) is 11.0 Å². The van der Waals surface area contributed by atoms with Crippen molar-refractivity contribution in [2.45, 2.75) is 78.0 Å². The number of amides is 1. The lowest BCUT2D eigenvalue weighted by Crippen LogP contribution is -2.78. The second-order valence-electron chi connectivity index (χ2n) is 7.83. The standard InChI is InChI=1S/C16H29NO3/c1-8-19-12(18)17-11-16(10-9-13(17,2)3)14(4,5)15(6,7)20-16/h8-11H2,1-7H3/t16-/m1/s1. The van der Waals surface area contributed by atoms with Gasteiger partial charge in [0.1, 0.15) is 0 Å². The number of likely N-dealkylation sites (tertiary alicyclic amines) is 1. The van der Waals surface area contributed by atoms with Crippen molar-refractivity contribution in [3.8, 4) is 0 Å². The molecule has 4 heteroatoms. The number of hydrogen-bond donors (Lipinski definition) is 0. The molecule has 2 fully saturated rings. The molecular weight excluding hydrogens is 254 g/mol. The summed E-state index contributed by atoms with van der Waals surface area (Å²) in [6, 6.07) is 0. The van der Waals surface area contributed by atoms with Crippen molar-refractivity contribution >= 4 is 6.09 Å². The predicted octanol–water partition coefficient (Wildman–Crippen LogP) is 3.59. The van der Waals surface area contributed by atoms with Crippen LogP contribution in [0.25, 0.3) is 0 Å². The summed E-state index contributed by atoms with van der Waals surface area (Å²) in [7, 11) is 0. The molecule has 116 valence electrons. The molecule has 2 rings (SSSR count). The fraction of sp³-hybridized carbons (Fsp3) is 0.938. The maximum Gasteiger partial charge on any atom is 0.410 e. The van der Waals surface area contributed by atoms with E-state index in [-0.39, 0.29) is 28.2 Å². The highest BCUT2D eigenvalue weighted by molar-refractivity contribution is 5.69. The Hall–Kier alpha value is -0.770. The summed E-state index contributed by atoms with van der Waals surface area (Å²) >= 11 is 0. The quantitative estimate of drug-likeness (QED) is 0.738. The number of carbonyl (C=O) groups excluding carboxylic acids is 1. The van der Waals surface area contributed by atoms with Gasteiger partial charge in [-0.1, -0.05) is 13.8 Å². The van der Waals surface area contributed by atoms with Gasteiger partial charge in [-0.05, 0) is 47.5 Å². The molecule has 1 atom stereocenters. The third-order valence-electron chi connectivity index (χ3n) is 5.87. The average Bonchev–Trinajstić information content (AvgIpc) is 2.31. The molecule has 0 N–H and O–H groups in total. The lowest BCUT2D eigenvalue weighted by Gasteiger charge is -2.70. The van der Waals surface area contributed by atoms with Gasteiger partial charge in [0.2, 0.25) is 0 Å². The normalized spacial score (nSPS) is 33.6. The van der Waals surface area contributed by atoms with Crippen LogP contribution in [0, 0.1) is 5.41 Å². The van der Waals surface area contributed by atoms with Crippen LogP contribution in [0.3, 0.4) is 0 Å². The molecule has 20 heavy (non-hydrogen) atoms. The van der Waals surface area contributed by atoms with Crippen LogP contribution in [0.15, 0.2) is 0 Å². The number of ether oxygens (including phenoxy) is 2. The largest absolute Gasteiger partial charge is 0.450 e. The van der Waals surface area contributed by atoms with Crippen LogP contribution in [0.5, 0.6) is 0 Å². The Morgan fingerprint density at radius 1 is 1.15 bits per heavy atom. The highest BCUT2D eigenvalue weighted by Crippen LogP contribution is 2.61. The summed E-state index contributed by atoms with van der Waals surface area (Å²) in [6.07, 6.45) is 1.71. The summed E-state index contributed by atoms with van der Waals surface area (Å²) in [6.45, 7) is 15.8. The van der Waals surface area contributed by atoms with E-state index in [1.807, 2.05) is 11.8 Å². The Morgan fingerprint density at radius 3 is 2.20 bits per heavy atom. The molecule has 0 aliphatic carbocycles. The SMILES string of the molecule is CCOC(=O)N1C[C@@]2(CCC1(C)C)OC(C)(C)C2(C)C. The van der Waals surface area contributed by atoms with Gasteiger partial charge in [-0.15, -0.1) is 0 Å². The van der Waals surface area contributed by atoms with Crippen LogP contribution in [-0.2, 0) is 9.47 Å². The first kappa shape index (κ1) is 15.6. The van der Waals surface area contributed by atoms with Crippen molar-refractivity contribution in [2.24, 2.45) is 5.41 Å². The van der Waals surface area contributed by atoms with Crippen LogP contribution >= 0.6 is 0 Å². The minimum absolute atomic E-state index is 0.0429. The Balaban J connectivity index is 2.24. The van der Waals surface area contributed by atoms with Gasteiger partial charge < -0.3 is 14.4 Å². The van der Waals surface area contributed by atoms with Crippen molar-refractivity contribution in [2.75, 3.05) is 13.2 Å². The lowest BCUT2D eigenvalue weighted by molar-refractivity contribution is -0.370. The topological polar surface area (TPSA) is 38.8 Å². The third kappa shape index (κ3) is 1.95. The third-order valence-corrected chi connectivity index (χ3v) is 5.87. The van der Waals surface area contributed by atoms with E-state index in [9.17, 15) is 4.79 Å². The van der Waals surface area contributed by atoms with E-state index in [0.29, 0.717) is 13.2 Å². The van der Waals surface area contributed by atoms with E-state index >= 15 is 0 Å². The summed E-state index contributed by atoms with van der Waals surface area (Å²) in [5, 5.41) is 0. The molecule has 0 radical (unpaired) electrons. The van der Waals surface area contributed by atoms with E-state index in [2.05, 4.69) is 41.5 Å². The zero-order chi connectivity index (χ0) is 15.4. The molecule has 2 aliphatic heterocycles. The highest BCUT2D eigenvalue weighted by atomic mass is 16.6. The summed E-state index contributed by atoms with van der Waals surface area (Å²) < 4.78 is 11.5. The Kier molecular flexibility index (Phi) is 3.40. The van der Waals surface area contributed by atoms with Crippen LogP contribution in [0.1, 0.15) is 61.3 Å². The molecule has 0 aromatic rings. The van der Waals surface area contributed by atoms with E-state index < -0.39 is 0 Å². The molecule has 4 nitrogen and oxygen atoms in total. The molecule has 2 aliphatic rings. The monoisotopic (exact) mass is 283 g/mol. The van der Waals surface area contributed by atoms with Crippen molar-refractivity contribution in [3.05, 3.63) is 0 Å². The maximum absolute atomic E-state index is 12.3. The van der Waals surface area contributed by atoms with Crippen LogP contribution in [0.2, 0.25) is 0 Å². The maximum atomic E-state index is 12.3. The van der Waals surface area contributed by atoms with Crippen LogP contribution in [0.4, 0.5) is 4.79 Å². The molecule has 2 saturated heterocycles. The summed E-state index contributed by atoms with van der Waals surface area (Å²) in [5.74, 6) is 0. The Morgan fingerprint density at radius 2 is 1.75 bits per heavy atom. The van der Waals surface area contributed by atoms with Gasteiger partial charge in [0.25, 0.3) is 0 Å². The number of piperidine rings is 1. The zero-order valence-electron chi connectivity index (χ0n) is 14.0. The second kappa shape index (κ2) is 4.36. The van der Waals surface area contributed by atoms with Crippen LogP contribution < -0.4 is 0 Å². The Labute approximate surface area is 122 Å². The summed E-state index contributed by atoms with van der Waals surface area (Å²) in [4.78, 5) is 14.1. The van der Waals surface area contributed by atoms with E-state index in [1.165, 1.54) is 0 Å². The second-order valence-corrected chi connectivity index (χ2v) is 7.83. The molecule has 0 bridgehead atoms. The number of rotatable bonds is 1. The summed E-state index contributed by atoms with van der Waals surface area (Å²) in [5.41, 5.74) is -0.508. The fourth-order valence-corrected chi connectivity index (χ4v) is 3.54. The molecule has 0 unspecified atom stereocenters. The number of carbonyl (C=O) groups is 1. The molecule has 0 aromatic carbocycles. The number of hydrogen-bond acceptors (Lipinski definition) is 3. The minimum Gasteiger partial charge on any atom is -0.450 e. The van der Waals surface area contributed by atoms with Crippen LogP contribution in [-0.4, -0.2) is 40.9 Å². The lowest BCUT2D eigenvalue weighted by atomic mass is 9.55. The Bertz CT molecular complexity index is 414. The number of nitrogens with zero attached hydrogens (tertiary/aromatic N) is 1. The van der Waals surface area contributed by atoms with Crippen molar-refractivity contribution in [1.82, 2.24) is 4.90 Å². The van der Waals surface area contributed by atoms with Crippen molar-refractivity contribution < 1.29 is 14.3 Å². The van der Waals surface area contributed by atoms with Gasteiger partial charge in [-0.3, -0.25) is 0 Å². The molecule has 0 saturated carbocycles. The van der Waals surface area contributed by atoms with Crippen molar-refractivity contribution in [3.63, 3.8) is 0 Å². The van der Waals surface area contributed by atoms with Crippen molar-refractivity contribution in [1.29, 1.82) is 0 Å². The zero-order valence-corrected chi connectivity index (χ0v) is 14.0. The first-order valence-corrected chi connectivity index (χ1v) is 7.64. The molecule has 0 aromatic heterocycles. The molecular formula is C16H29NO3. The van der Waals surface area contributed by atoms with Gasteiger partial charge in [0.05, 0.1) is 24.4 Å². The fourth-order valence-electron chi connectivity index (χ4n) is 3.54. The van der Waals surface area contributed by atoms with E-state index in [1.54, 1.807) is 0 Å². The molecule has 1 spiro atoms. The molecule has 1 amide bonds. The predicted molar refractivity (Wildman–Crippen MR) is 78.7 cm³/mol. The van der Waals surface area contributed by atoms with Gasteiger partial charge in [-0.2, -0.15) is 0 Å². The molecule has 2 heterocycles. The smallest absolute Gasteiger partial charge is 0.410 e. The first-order chi connectivity index (χ1) is 8.99.